The van der Waals surface area contributed by atoms with E-state index in [4.69, 9.17) is 19.4 Å². The highest BCUT2D eigenvalue weighted by Gasteiger charge is 2.18. The van der Waals surface area contributed by atoms with Crippen LogP contribution in [-0.2, 0) is 0 Å². The minimum Gasteiger partial charge on any atom is -0.456 e. The SMILES string of the molecule is c1ccc(-c2ccc3c4ccccc4n(-c4ccc5c(c4)oc4cccc(-c6ccc(-c7nc(-c8ccccc8)nc(-c8ccccc8)n7)cc6)c45)c3c2)cc1. The summed E-state index contributed by atoms with van der Waals surface area (Å²) in [4.78, 5) is 14.7. The third kappa shape index (κ3) is 5.37. The van der Waals surface area contributed by atoms with E-state index in [0.717, 1.165) is 66.5 Å². The highest BCUT2D eigenvalue weighted by atomic mass is 16.3. The lowest BCUT2D eigenvalue weighted by Gasteiger charge is -2.10. The number of aromatic nitrogens is 4. The molecule has 3 aromatic heterocycles. The van der Waals surface area contributed by atoms with E-state index in [1.807, 2.05) is 60.7 Å². The van der Waals surface area contributed by atoms with E-state index in [0.29, 0.717) is 17.5 Å². The van der Waals surface area contributed by atoms with E-state index >= 15 is 0 Å². The molecule has 0 unspecified atom stereocenters. The Bertz CT molecular complexity index is 3160. The van der Waals surface area contributed by atoms with Gasteiger partial charge in [0.15, 0.2) is 17.5 Å². The minimum absolute atomic E-state index is 0.629. The molecular formula is C51H32N4O. The topological polar surface area (TPSA) is 56.7 Å². The molecule has 8 aromatic carbocycles. The molecule has 0 aliphatic heterocycles. The fraction of sp³-hybridized carbons (Fsp3) is 0. The number of rotatable bonds is 6. The number of para-hydroxylation sites is 1. The molecule has 262 valence electrons. The maximum absolute atomic E-state index is 6.63. The van der Waals surface area contributed by atoms with Gasteiger partial charge in [0.05, 0.1) is 11.0 Å². The molecule has 0 radical (unpaired) electrons. The van der Waals surface area contributed by atoms with Gasteiger partial charge in [-0.3, -0.25) is 0 Å². The van der Waals surface area contributed by atoms with Crippen molar-refractivity contribution < 1.29 is 4.42 Å². The molecule has 0 aliphatic carbocycles. The van der Waals surface area contributed by atoms with Crippen LogP contribution in [0.2, 0.25) is 0 Å². The molecule has 0 aliphatic rings. The van der Waals surface area contributed by atoms with E-state index in [1.54, 1.807) is 0 Å². The molecule has 0 amide bonds. The minimum atomic E-state index is 0.629. The molecule has 5 heteroatoms. The molecule has 0 saturated heterocycles. The summed E-state index contributed by atoms with van der Waals surface area (Å²) in [5.74, 6) is 1.92. The van der Waals surface area contributed by atoms with Crippen LogP contribution in [0.4, 0.5) is 0 Å². The van der Waals surface area contributed by atoms with Crippen molar-refractivity contribution in [1.82, 2.24) is 19.5 Å². The molecule has 11 rings (SSSR count). The molecule has 3 heterocycles. The van der Waals surface area contributed by atoms with Crippen molar-refractivity contribution >= 4 is 43.7 Å². The van der Waals surface area contributed by atoms with Gasteiger partial charge in [0, 0.05) is 50.0 Å². The zero-order valence-corrected chi connectivity index (χ0v) is 30.2. The molecule has 0 saturated carbocycles. The Morgan fingerprint density at radius 2 is 0.875 bits per heavy atom. The van der Waals surface area contributed by atoms with Crippen LogP contribution in [0.15, 0.2) is 199 Å². The summed E-state index contributed by atoms with van der Waals surface area (Å²) in [6, 6.07) is 67.5. The fourth-order valence-corrected chi connectivity index (χ4v) is 7.99. The molecule has 0 atom stereocenters. The summed E-state index contributed by atoms with van der Waals surface area (Å²) < 4.78 is 8.99. The Morgan fingerprint density at radius 1 is 0.339 bits per heavy atom. The van der Waals surface area contributed by atoms with Crippen molar-refractivity contribution in [3.8, 4) is 62.1 Å². The first-order valence-electron chi connectivity index (χ1n) is 18.8. The van der Waals surface area contributed by atoms with Crippen molar-refractivity contribution in [3.63, 3.8) is 0 Å². The molecule has 0 bridgehead atoms. The largest absolute Gasteiger partial charge is 0.456 e. The van der Waals surface area contributed by atoms with Crippen LogP contribution in [0.1, 0.15) is 0 Å². The number of hydrogen-bond acceptors (Lipinski definition) is 4. The van der Waals surface area contributed by atoms with Gasteiger partial charge in [-0.25, -0.2) is 15.0 Å². The maximum atomic E-state index is 6.63. The van der Waals surface area contributed by atoms with Crippen LogP contribution < -0.4 is 0 Å². The van der Waals surface area contributed by atoms with Gasteiger partial charge < -0.3 is 8.98 Å². The van der Waals surface area contributed by atoms with Crippen LogP contribution in [0.5, 0.6) is 0 Å². The normalized spacial score (nSPS) is 11.6. The first-order chi connectivity index (χ1) is 27.7. The third-order valence-electron chi connectivity index (χ3n) is 10.7. The average molecular weight is 717 g/mol. The van der Waals surface area contributed by atoms with E-state index in [2.05, 4.69) is 138 Å². The van der Waals surface area contributed by atoms with Gasteiger partial charge in [0.25, 0.3) is 0 Å². The summed E-state index contributed by atoms with van der Waals surface area (Å²) in [5, 5.41) is 4.61. The number of furan rings is 1. The van der Waals surface area contributed by atoms with Crippen molar-refractivity contribution in [2.75, 3.05) is 0 Å². The monoisotopic (exact) mass is 716 g/mol. The lowest BCUT2D eigenvalue weighted by molar-refractivity contribution is 0.668. The summed E-state index contributed by atoms with van der Waals surface area (Å²) >= 11 is 0. The zero-order valence-electron chi connectivity index (χ0n) is 30.2. The van der Waals surface area contributed by atoms with Crippen molar-refractivity contribution in [3.05, 3.63) is 194 Å². The molecule has 56 heavy (non-hydrogen) atoms. The number of hydrogen-bond donors (Lipinski definition) is 0. The fourth-order valence-electron chi connectivity index (χ4n) is 7.99. The second kappa shape index (κ2) is 13.0. The van der Waals surface area contributed by atoms with Crippen LogP contribution >= 0.6 is 0 Å². The van der Waals surface area contributed by atoms with Crippen LogP contribution in [0.3, 0.4) is 0 Å². The van der Waals surface area contributed by atoms with Crippen LogP contribution in [0, 0.1) is 0 Å². The summed E-state index contributed by atoms with van der Waals surface area (Å²) in [7, 11) is 0. The Hall–Kier alpha value is -7.63. The van der Waals surface area contributed by atoms with Gasteiger partial charge in [-0.1, -0.05) is 158 Å². The zero-order chi connectivity index (χ0) is 37.0. The Labute approximate surface area is 322 Å². The van der Waals surface area contributed by atoms with Crippen LogP contribution in [0.25, 0.3) is 106 Å². The number of nitrogens with zero attached hydrogens (tertiary/aromatic N) is 4. The highest BCUT2D eigenvalue weighted by molar-refractivity contribution is 6.14. The van der Waals surface area contributed by atoms with E-state index < -0.39 is 0 Å². The Balaban J connectivity index is 1.01. The molecule has 0 spiro atoms. The number of fused-ring (bicyclic) bond motifs is 6. The molecule has 0 N–H and O–H groups in total. The molecule has 11 aromatic rings. The van der Waals surface area contributed by atoms with Gasteiger partial charge in [-0.15, -0.1) is 0 Å². The van der Waals surface area contributed by atoms with E-state index in [-0.39, 0.29) is 0 Å². The lowest BCUT2D eigenvalue weighted by atomic mass is 9.98. The molecule has 0 fully saturated rings. The summed E-state index contributed by atoms with van der Waals surface area (Å²) in [6.45, 7) is 0. The lowest BCUT2D eigenvalue weighted by Crippen LogP contribution is -2.00. The van der Waals surface area contributed by atoms with Gasteiger partial charge in [0.1, 0.15) is 11.2 Å². The second-order valence-corrected chi connectivity index (χ2v) is 14.0. The number of benzene rings is 8. The first-order valence-corrected chi connectivity index (χ1v) is 18.8. The first kappa shape index (κ1) is 31.9. The van der Waals surface area contributed by atoms with E-state index in [1.165, 1.54) is 21.9 Å². The van der Waals surface area contributed by atoms with Crippen LogP contribution in [-0.4, -0.2) is 19.5 Å². The molecular weight excluding hydrogens is 685 g/mol. The Morgan fingerprint density at radius 3 is 1.55 bits per heavy atom. The second-order valence-electron chi connectivity index (χ2n) is 14.0. The Kier molecular flexibility index (Phi) is 7.42. The van der Waals surface area contributed by atoms with Gasteiger partial charge in [-0.2, -0.15) is 0 Å². The predicted molar refractivity (Wildman–Crippen MR) is 229 cm³/mol. The predicted octanol–water partition coefficient (Wildman–Crippen LogP) is 13.2. The van der Waals surface area contributed by atoms with Gasteiger partial charge >= 0.3 is 0 Å². The van der Waals surface area contributed by atoms with Crippen molar-refractivity contribution in [2.24, 2.45) is 0 Å². The highest BCUT2D eigenvalue weighted by Crippen LogP contribution is 2.40. The van der Waals surface area contributed by atoms with E-state index in [9.17, 15) is 0 Å². The van der Waals surface area contributed by atoms with Gasteiger partial charge in [0.2, 0.25) is 0 Å². The summed E-state index contributed by atoms with van der Waals surface area (Å²) in [5.41, 5.74) is 12.5. The van der Waals surface area contributed by atoms with Gasteiger partial charge in [-0.05, 0) is 52.6 Å². The van der Waals surface area contributed by atoms with Crippen molar-refractivity contribution in [2.45, 2.75) is 0 Å². The summed E-state index contributed by atoms with van der Waals surface area (Å²) in [6.07, 6.45) is 0. The molecule has 5 nitrogen and oxygen atoms in total. The van der Waals surface area contributed by atoms with Crippen molar-refractivity contribution in [1.29, 1.82) is 0 Å². The smallest absolute Gasteiger partial charge is 0.164 e. The maximum Gasteiger partial charge on any atom is 0.164 e. The standard InChI is InChI=1S/C51H32N4O/c1-4-13-33(14-5-1)38-27-29-42-41-19-10-11-21-44(41)55(45(42)31-38)39-28-30-43-47(32-39)56-46-22-12-20-40(48(43)46)34-23-25-37(26-24-34)51-53-49(35-15-6-2-7-16-35)52-50(54-51)36-17-8-3-9-18-36/h1-32H. The average Bonchev–Trinajstić information content (AvgIpc) is 3.82. The third-order valence-corrected chi connectivity index (χ3v) is 10.7. The quantitative estimate of drug-likeness (QED) is 0.172.